The van der Waals surface area contributed by atoms with E-state index in [9.17, 15) is 14.7 Å². The van der Waals surface area contributed by atoms with Gasteiger partial charge in [-0.2, -0.15) is 0 Å². The van der Waals surface area contributed by atoms with Gasteiger partial charge in [-0.05, 0) is 23.8 Å². The lowest BCUT2D eigenvalue weighted by molar-refractivity contribution is 0.0538. The average Bonchev–Trinajstić information content (AvgIpc) is 2.56. The number of amides is 2. The zero-order chi connectivity index (χ0) is 16.7. The Kier molecular flexibility index (Phi) is 5.54. The molecular weight excluding hydrogens is 300 g/mol. The van der Waals surface area contributed by atoms with Crippen LogP contribution in [0.25, 0.3) is 0 Å². The maximum absolute atomic E-state index is 11.8. The SMILES string of the molecule is CONC(=O)c1cc(O)ccc1NC(=O)OCc1ccccc1. The lowest BCUT2D eigenvalue weighted by atomic mass is 10.1. The number of carbonyl (C=O) groups excluding carboxylic acids is 2. The van der Waals surface area contributed by atoms with Gasteiger partial charge in [-0.25, -0.2) is 10.3 Å². The Balaban J connectivity index is 2.04. The summed E-state index contributed by atoms with van der Waals surface area (Å²) >= 11 is 0. The lowest BCUT2D eigenvalue weighted by Gasteiger charge is -2.11. The number of hydrogen-bond donors (Lipinski definition) is 3. The molecule has 0 saturated heterocycles. The van der Waals surface area contributed by atoms with Gasteiger partial charge in [0.15, 0.2) is 0 Å². The first-order chi connectivity index (χ1) is 11.1. The number of carbonyl (C=O) groups is 2. The molecule has 7 nitrogen and oxygen atoms in total. The number of ether oxygens (including phenoxy) is 1. The molecule has 0 unspecified atom stereocenters. The molecule has 0 aromatic heterocycles. The number of phenols is 1. The van der Waals surface area contributed by atoms with Gasteiger partial charge in [-0.15, -0.1) is 0 Å². The molecule has 2 aromatic carbocycles. The van der Waals surface area contributed by atoms with E-state index in [4.69, 9.17) is 4.74 Å². The van der Waals surface area contributed by atoms with Gasteiger partial charge in [0.2, 0.25) is 0 Å². The van der Waals surface area contributed by atoms with E-state index in [1.54, 1.807) is 0 Å². The molecule has 0 saturated carbocycles. The van der Waals surface area contributed by atoms with Crippen molar-refractivity contribution >= 4 is 17.7 Å². The van der Waals surface area contributed by atoms with Crippen LogP contribution < -0.4 is 10.8 Å². The highest BCUT2D eigenvalue weighted by atomic mass is 16.6. The highest BCUT2D eigenvalue weighted by molar-refractivity contribution is 6.02. The van der Waals surface area contributed by atoms with E-state index in [0.29, 0.717) is 0 Å². The molecule has 3 N–H and O–H groups in total. The second kappa shape index (κ2) is 7.81. The number of hydrogen-bond acceptors (Lipinski definition) is 5. The zero-order valence-electron chi connectivity index (χ0n) is 12.4. The molecule has 0 aliphatic carbocycles. The van der Waals surface area contributed by atoms with Crippen LogP contribution in [0.15, 0.2) is 48.5 Å². The molecule has 0 bridgehead atoms. The topological polar surface area (TPSA) is 96.9 Å². The minimum Gasteiger partial charge on any atom is -0.508 e. The van der Waals surface area contributed by atoms with Crippen molar-refractivity contribution in [2.45, 2.75) is 6.61 Å². The Morgan fingerprint density at radius 3 is 2.57 bits per heavy atom. The number of benzene rings is 2. The highest BCUT2D eigenvalue weighted by Crippen LogP contribution is 2.21. The Morgan fingerprint density at radius 1 is 1.13 bits per heavy atom. The van der Waals surface area contributed by atoms with Crippen molar-refractivity contribution in [2.24, 2.45) is 0 Å². The molecule has 7 heteroatoms. The standard InChI is InChI=1S/C16H16N2O5/c1-22-18-15(20)13-9-12(19)7-8-14(13)17-16(21)23-10-11-5-3-2-4-6-11/h2-9,19H,10H2,1H3,(H,17,21)(H,18,20). The normalized spacial score (nSPS) is 9.96. The van der Waals surface area contributed by atoms with Crippen LogP contribution in [0.2, 0.25) is 0 Å². The number of hydroxylamine groups is 1. The van der Waals surface area contributed by atoms with Crippen molar-refractivity contribution in [1.29, 1.82) is 0 Å². The van der Waals surface area contributed by atoms with Crippen molar-refractivity contribution in [3.8, 4) is 5.75 Å². The summed E-state index contributed by atoms with van der Waals surface area (Å²) in [7, 11) is 1.28. The first kappa shape index (κ1) is 16.3. The molecule has 0 aliphatic rings. The maximum atomic E-state index is 11.8. The first-order valence-corrected chi connectivity index (χ1v) is 6.74. The number of aromatic hydroxyl groups is 1. The van der Waals surface area contributed by atoms with Gasteiger partial charge >= 0.3 is 6.09 Å². The van der Waals surface area contributed by atoms with Gasteiger partial charge < -0.3 is 9.84 Å². The molecule has 0 spiro atoms. The number of nitrogens with one attached hydrogen (secondary N) is 2. The molecular formula is C16H16N2O5. The van der Waals surface area contributed by atoms with Crippen LogP contribution in [0.5, 0.6) is 5.75 Å². The minimum atomic E-state index is -0.717. The summed E-state index contributed by atoms with van der Waals surface area (Å²) in [4.78, 5) is 28.2. The predicted octanol–water partition coefficient (Wildman–Crippen LogP) is 2.43. The molecule has 2 aromatic rings. The largest absolute Gasteiger partial charge is 0.508 e. The van der Waals surface area contributed by atoms with Crippen LogP contribution in [-0.4, -0.2) is 24.2 Å². The molecule has 0 heterocycles. The Morgan fingerprint density at radius 2 is 1.87 bits per heavy atom. The van der Waals surface area contributed by atoms with Crippen LogP contribution in [0.4, 0.5) is 10.5 Å². The van der Waals surface area contributed by atoms with Crippen molar-refractivity contribution in [3.63, 3.8) is 0 Å². The van der Waals surface area contributed by atoms with Crippen molar-refractivity contribution in [2.75, 3.05) is 12.4 Å². The zero-order valence-corrected chi connectivity index (χ0v) is 12.4. The summed E-state index contributed by atoms with van der Waals surface area (Å²) in [5, 5.41) is 11.9. The van der Waals surface area contributed by atoms with E-state index in [2.05, 4.69) is 15.6 Å². The van der Waals surface area contributed by atoms with Crippen LogP contribution in [0.3, 0.4) is 0 Å². The van der Waals surface area contributed by atoms with Crippen LogP contribution in [0, 0.1) is 0 Å². The predicted molar refractivity (Wildman–Crippen MR) is 82.8 cm³/mol. The van der Waals surface area contributed by atoms with Crippen molar-refractivity contribution in [1.82, 2.24) is 5.48 Å². The maximum Gasteiger partial charge on any atom is 0.411 e. The van der Waals surface area contributed by atoms with Gasteiger partial charge in [0, 0.05) is 0 Å². The molecule has 2 amide bonds. The molecule has 2 rings (SSSR count). The fourth-order valence-electron chi connectivity index (χ4n) is 1.85. The summed E-state index contributed by atoms with van der Waals surface area (Å²) in [5.74, 6) is -0.726. The Hall–Kier alpha value is -3.06. The van der Waals surface area contributed by atoms with Gasteiger partial charge in [0.1, 0.15) is 12.4 Å². The Bertz CT molecular complexity index is 688. The van der Waals surface area contributed by atoms with E-state index in [-0.39, 0.29) is 23.6 Å². The summed E-state index contributed by atoms with van der Waals surface area (Å²) in [6, 6.07) is 13.1. The summed E-state index contributed by atoms with van der Waals surface area (Å²) < 4.78 is 5.08. The monoisotopic (exact) mass is 316 g/mol. The summed E-state index contributed by atoms with van der Waals surface area (Å²) in [6.07, 6.45) is -0.717. The second-order valence-electron chi connectivity index (χ2n) is 4.55. The van der Waals surface area contributed by atoms with Crippen LogP contribution >= 0.6 is 0 Å². The smallest absolute Gasteiger partial charge is 0.411 e. The van der Waals surface area contributed by atoms with Crippen LogP contribution in [0.1, 0.15) is 15.9 Å². The van der Waals surface area contributed by atoms with Gasteiger partial charge in [-0.3, -0.25) is 14.9 Å². The third kappa shape index (κ3) is 4.72. The van der Waals surface area contributed by atoms with E-state index in [0.717, 1.165) is 5.56 Å². The molecule has 0 radical (unpaired) electrons. The average molecular weight is 316 g/mol. The summed E-state index contributed by atoms with van der Waals surface area (Å²) in [5.41, 5.74) is 3.19. The quantitative estimate of drug-likeness (QED) is 0.581. The summed E-state index contributed by atoms with van der Waals surface area (Å²) in [6.45, 7) is 0.102. The van der Waals surface area contributed by atoms with Crippen LogP contribution in [-0.2, 0) is 16.2 Å². The van der Waals surface area contributed by atoms with E-state index >= 15 is 0 Å². The molecule has 120 valence electrons. The molecule has 23 heavy (non-hydrogen) atoms. The first-order valence-electron chi connectivity index (χ1n) is 6.74. The third-order valence-electron chi connectivity index (χ3n) is 2.89. The Labute approximate surface area is 132 Å². The highest BCUT2D eigenvalue weighted by Gasteiger charge is 2.15. The fourth-order valence-corrected chi connectivity index (χ4v) is 1.85. The third-order valence-corrected chi connectivity index (χ3v) is 2.89. The molecule has 0 atom stereocenters. The van der Waals surface area contributed by atoms with E-state index < -0.39 is 12.0 Å². The van der Waals surface area contributed by atoms with E-state index in [1.165, 1.54) is 25.3 Å². The number of rotatable bonds is 5. The van der Waals surface area contributed by atoms with Gasteiger partial charge in [0.05, 0.1) is 18.4 Å². The lowest BCUT2D eigenvalue weighted by Crippen LogP contribution is -2.24. The van der Waals surface area contributed by atoms with Gasteiger partial charge in [-0.1, -0.05) is 30.3 Å². The van der Waals surface area contributed by atoms with E-state index in [1.807, 2.05) is 30.3 Å². The fraction of sp³-hybridized carbons (Fsp3) is 0.125. The van der Waals surface area contributed by atoms with Crippen molar-refractivity contribution in [3.05, 3.63) is 59.7 Å². The second-order valence-corrected chi connectivity index (χ2v) is 4.55. The number of anilines is 1. The van der Waals surface area contributed by atoms with Gasteiger partial charge in [0.25, 0.3) is 5.91 Å². The van der Waals surface area contributed by atoms with Crippen molar-refractivity contribution < 1.29 is 24.3 Å². The molecule has 0 fully saturated rings. The molecule has 0 aliphatic heterocycles. The minimum absolute atomic E-state index is 0.0449. The number of phenolic OH excluding ortho intramolecular Hbond substituents is 1.